The van der Waals surface area contributed by atoms with Gasteiger partial charge in [-0.2, -0.15) is 0 Å². The van der Waals surface area contributed by atoms with Crippen LogP contribution >= 0.6 is 0 Å². The molecule has 0 spiro atoms. The van der Waals surface area contributed by atoms with Gasteiger partial charge in [-0.15, -0.1) is 0 Å². The van der Waals surface area contributed by atoms with E-state index in [4.69, 9.17) is 7.38 Å². The van der Waals surface area contributed by atoms with E-state index < -0.39 is 25.0 Å². The summed E-state index contributed by atoms with van der Waals surface area (Å²) in [5.74, 6) is -0.339. The number of hydrogen-bond donors (Lipinski definition) is 1. The molecule has 5 nitrogen and oxygen atoms in total. The molecule has 0 aliphatic heterocycles. The van der Waals surface area contributed by atoms with Crippen LogP contribution in [0.25, 0.3) is 10.8 Å². The van der Waals surface area contributed by atoms with Crippen molar-refractivity contribution in [3.8, 4) is 0 Å². The van der Waals surface area contributed by atoms with Crippen molar-refractivity contribution in [1.29, 1.82) is 0 Å². The zero-order valence-corrected chi connectivity index (χ0v) is 18.9. The van der Waals surface area contributed by atoms with Gasteiger partial charge < -0.3 is 0 Å². The van der Waals surface area contributed by atoms with Gasteiger partial charge in [-0.3, -0.25) is 0 Å². The Kier molecular flexibility index (Phi) is 6.98. The molecule has 0 bridgehead atoms. The average molecular weight is 502 g/mol. The number of fused-ring (bicyclic) bond motifs is 1. The van der Waals surface area contributed by atoms with Crippen LogP contribution in [-0.4, -0.2) is 31.6 Å². The Morgan fingerprint density at radius 3 is 2.65 bits per heavy atom. The van der Waals surface area contributed by atoms with Crippen LogP contribution in [0, 0.1) is 0 Å². The second-order valence-electron chi connectivity index (χ2n) is 5.22. The molecule has 0 heterocycles. The molecular formula is C17H19HgNO4. The molecule has 1 amide bonds. The Hall–Kier alpha value is -1.46. The molecule has 1 atom stereocenters. The van der Waals surface area contributed by atoms with E-state index in [9.17, 15) is 9.59 Å². The Labute approximate surface area is 148 Å². The predicted octanol–water partition coefficient (Wildman–Crippen LogP) is 2.56. The van der Waals surface area contributed by atoms with Crippen LogP contribution in [0.2, 0.25) is 3.93 Å². The molecule has 0 aliphatic rings. The summed E-state index contributed by atoms with van der Waals surface area (Å²) < 4.78 is 11.2. The molecule has 23 heavy (non-hydrogen) atoms. The fourth-order valence-corrected chi connectivity index (χ4v) is 6.67. The second kappa shape index (κ2) is 8.98. The van der Waals surface area contributed by atoms with Crippen LogP contribution in [0.15, 0.2) is 42.5 Å². The van der Waals surface area contributed by atoms with Crippen LogP contribution in [0.4, 0.5) is 0 Å². The number of rotatable bonds is 7. The average Bonchev–Trinajstić information content (AvgIpc) is 2.56. The molecule has 0 aliphatic carbocycles. The van der Waals surface area contributed by atoms with Gasteiger partial charge in [0, 0.05) is 0 Å². The summed E-state index contributed by atoms with van der Waals surface area (Å²) in [5, 5.41) is 4.88. The zero-order valence-electron chi connectivity index (χ0n) is 13.4. The maximum atomic E-state index is 12.4. The van der Waals surface area contributed by atoms with E-state index in [1.54, 1.807) is 7.11 Å². The third kappa shape index (κ3) is 5.29. The van der Waals surface area contributed by atoms with E-state index in [2.05, 4.69) is 5.32 Å². The molecule has 2 rings (SSSR count). The van der Waals surface area contributed by atoms with E-state index in [1.165, 1.54) is 6.92 Å². The van der Waals surface area contributed by atoms with Gasteiger partial charge in [-0.05, 0) is 0 Å². The summed E-state index contributed by atoms with van der Waals surface area (Å²) in [5.41, 5.74) is 0.655. The van der Waals surface area contributed by atoms with Gasteiger partial charge in [0.1, 0.15) is 0 Å². The molecule has 1 unspecified atom stereocenters. The molecule has 0 aromatic heterocycles. The monoisotopic (exact) mass is 503 g/mol. The van der Waals surface area contributed by atoms with Crippen molar-refractivity contribution in [3.05, 3.63) is 48.0 Å². The minimum absolute atomic E-state index is 0.102. The molecule has 0 fully saturated rings. The molecule has 118 valence electrons. The van der Waals surface area contributed by atoms with Crippen molar-refractivity contribution in [3.63, 3.8) is 0 Å². The predicted molar refractivity (Wildman–Crippen MR) is 83.7 cm³/mol. The number of benzene rings is 2. The van der Waals surface area contributed by atoms with Crippen LogP contribution in [0.5, 0.6) is 0 Å². The fraction of sp³-hybridized carbons (Fsp3) is 0.294. The van der Waals surface area contributed by atoms with Crippen LogP contribution < -0.4 is 5.32 Å². The Balaban J connectivity index is 1.96. The summed E-state index contributed by atoms with van der Waals surface area (Å²) in [6.07, 6.45) is -0.102. The Bertz CT molecular complexity index is 684. The molecule has 0 saturated carbocycles. The number of ether oxygens (including phenoxy) is 1. The molecule has 0 radical (unpaired) electrons. The molecule has 6 heteroatoms. The van der Waals surface area contributed by atoms with E-state index in [0.717, 1.165) is 14.7 Å². The van der Waals surface area contributed by atoms with Gasteiger partial charge in [0.15, 0.2) is 0 Å². The van der Waals surface area contributed by atoms with Gasteiger partial charge in [0.05, 0.1) is 0 Å². The SMILES string of the molecule is COC(CNC(=O)c1cccc2ccccc12)[CH2][Hg][O]C(C)=O. The standard InChI is InChI=1S/C15H16NO2.C2H4O2.Hg/c1-11(18-2)10-16-15(17)14-9-5-7-12-6-3-4-8-13(12)14;1-2(3)4;/h3-9,11H,1,10H2,2H3,(H,16,17);1H3,(H,3,4);/q;;+1/p-1. The van der Waals surface area contributed by atoms with E-state index in [0.29, 0.717) is 12.1 Å². The summed E-state index contributed by atoms with van der Waals surface area (Å²) in [6, 6.07) is 13.5. The fourth-order valence-electron chi connectivity index (χ4n) is 2.36. The van der Waals surface area contributed by atoms with Crippen molar-refractivity contribution >= 4 is 22.6 Å². The van der Waals surface area contributed by atoms with Gasteiger partial charge in [-0.1, -0.05) is 0 Å². The number of carbonyl (C=O) groups excluding carboxylic acids is 2. The van der Waals surface area contributed by atoms with Crippen molar-refractivity contribution in [2.24, 2.45) is 0 Å². The van der Waals surface area contributed by atoms with Crippen LogP contribution in [-0.2, 0) is 37.2 Å². The zero-order chi connectivity index (χ0) is 16.7. The first-order chi connectivity index (χ1) is 11.1. The first-order valence-electron chi connectivity index (χ1n) is 7.54. The number of methoxy groups -OCH3 is 1. The molecular weight excluding hydrogens is 483 g/mol. The van der Waals surface area contributed by atoms with Crippen molar-refractivity contribution in [1.82, 2.24) is 5.32 Å². The van der Waals surface area contributed by atoms with Gasteiger partial charge >= 0.3 is 149 Å². The number of nitrogens with one attached hydrogen (secondary N) is 1. The van der Waals surface area contributed by atoms with Gasteiger partial charge in [0.25, 0.3) is 0 Å². The number of hydrogen-bond acceptors (Lipinski definition) is 4. The third-order valence-corrected chi connectivity index (χ3v) is 9.40. The topological polar surface area (TPSA) is 64.6 Å². The van der Waals surface area contributed by atoms with Crippen LogP contribution in [0.1, 0.15) is 17.3 Å². The molecule has 2 aromatic carbocycles. The summed E-state index contributed by atoms with van der Waals surface area (Å²) >= 11 is -1.70. The number of carbonyl (C=O) groups is 2. The quantitative estimate of drug-likeness (QED) is 0.592. The molecule has 0 saturated heterocycles. The molecule has 1 N–H and O–H groups in total. The second-order valence-corrected chi connectivity index (χ2v) is 10.2. The Morgan fingerprint density at radius 1 is 1.17 bits per heavy atom. The minimum atomic E-state index is -1.70. The first kappa shape index (κ1) is 17.9. The van der Waals surface area contributed by atoms with Crippen molar-refractivity contribution in [2.45, 2.75) is 17.0 Å². The summed E-state index contributed by atoms with van der Waals surface area (Å²) in [7, 11) is 1.61. The van der Waals surface area contributed by atoms with Gasteiger partial charge in [-0.25, -0.2) is 0 Å². The normalized spacial score (nSPS) is 11.6. The van der Waals surface area contributed by atoms with Crippen LogP contribution in [0.3, 0.4) is 0 Å². The van der Waals surface area contributed by atoms with Gasteiger partial charge in [0.2, 0.25) is 0 Å². The Morgan fingerprint density at radius 2 is 1.91 bits per heavy atom. The third-order valence-electron chi connectivity index (χ3n) is 3.60. The number of amides is 1. The van der Waals surface area contributed by atoms with Crippen molar-refractivity contribution in [2.75, 3.05) is 13.7 Å². The van der Waals surface area contributed by atoms with E-state index >= 15 is 0 Å². The molecule has 2 aromatic rings. The van der Waals surface area contributed by atoms with Crippen molar-refractivity contribution < 1.29 is 42.0 Å². The first-order valence-corrected chi connectivity index (χ1v) is 13.7. The maximum absolute atomic E-state index is 12.4. The summed E-state index contributed by atoms with van der Waals surface area (Å²) in [6.45, 7) is 1.84. The van der Waals surface area contributed by atoms with E-state index in [1.807, 2.05) is 42.5 Å². The van der Waals surface area contributed by atoms with E-state index in [-0.39, 0.29) is 18.0 Å². The summed E-state index contributed by atoms with van der Waals surface area (Å²) in [4.78, 5) is 23.2.